The van der Waals surface area contributed by atoms with Crippen molar-refractivity contribution in [1.82, 2.24) is 15.2 Å². The number of pyridine rings is 1. The number of nitrogens with one attached hydrogen (secondary N) is 1. The molecule has 0 saturated carbocycles. The highest BCUT2D eigenvalue weighted by molar-refractivity contribution is 5.98. The second kappa shape index (κ2) is 8.56. The third-order valence-electron chi connectivity index (χ3n) is 4.50. The van der Waals surface area contributed by atoms with Crippen LogP contribution in [0.5, 0.6) is 0 Å². The Morgan fingerprint density at radius 1 is 1.08 bits per heavy atom. The number of rotatable bonds is 5. The van der Waals surface area contributed by atoms with Crippen LogP contribution in [0.2, 0.25) is 0 Å². The Morgan fingerprint density at radius 2 is 1.81 bits per heavy atom. The fourth-order valence-corrected chi connectivity index (χ4v) is 3.03. The maximum atomic E-state index is 12.9. The number of amides is 2. The highest BCUT2D eigenvalue weighted by Crippen LogP contribution is 2.13. The molecule has 26 heavy (non-hydrogen) atoms. The molecule has 136 valence electrons. The molecule has 1 N–H and O–H groups in total. The van der Waals surface area contributed by atoms with Gasteiger partial charge < -0.3 is 10.2 Å². The van der Waals surface area contributed by atoms with Crippen molar-refractivity contribution in [1.29, 1.82) is 0 Å². The van der Waals surface area contributed by atoms with Gasteiger partial charge in [-0.2, -0.15) is 0 Å². The minimum absolute atomic E-state index is 0.0486. The van der Waals surface area contributed by atoms with Crippen LogP contribution < -0.4 is 5.32 Å². The number of piperidine rings is 1. The van der Waals surface area contributed by atoms with Crippen LogP contribution >= 0.6 is 0 Å². The minimum atomic E-state index is -0.319. The summed E-state index contributed by atoms with van der Waals surface area (Å²) >= 11 is 0. The second-order valence-corrected chi connectivity index (χ2v) is 6.41. The maximum Gasteiger partial charge on any atom is 0.269 e. The van der Waals surface area contributed by atoms with Crippen LogP contribution in [0.15, 0.2) is 42.6 Å². The van der Waals surface area contributed by atoms with E-state index in [-0.39, 0.29) is 23.3 Å². The molecule has 5 nitrogen and oxygen atoms in total. The summed E-state index contributed by atoms with van der Waals surface area (Å²) < 4.78 is 12.9. The second-order valence-electron chi connectivity index (χ2n) is 6.41. The first-order chi connectivity index (χ1) is 12.6. The topological polar surface area (TPSA) is 62.3 Å². The Labute approximate surface area is 152 Å². The molecule has 1 aromatic carbocycles. The maximum absolute atomic E-state index is 12.9. The van der Waals surface area contributed by atoms with Crippen LogP contribution in [-0.2, 0) is 6.42 Å². The summed E-state index contributed by atoms with van der Waals surface area (Å²) in [5.41, 5.74) is 1.66. The van der Waals surface area contributed by atoms with Gasteiger partial charge in [0.05, 0.1) is 0 Å². The van der Waals surface area contributed by atoms with E-state index >= 15 is 0 Å². The zero-order chi connectivity index (χ0) is 18.4. The highest BCUT2D eigenvalue weighted by atomic mass is 19.1. The number of likely N-dealkylation sites (tertiary alicyclic amines) is 1. The van der Waals surface area contributed by atoms with E-state index in [0.29, 0.717) is 18.5 Å². The van der Waals surface area contributed by atoms with E-state index in [0.717, 1.165) is 37.9 Å². The van der Waals surface area contributed by atoms with Crippen LogP contribution in [0.3, 0.4) is 0 Å². The number of hydrogen-bond donors (Lipinski definition) is 1. The summed E-state index contributed by atoms with van der Waals surface area (Å²) in [6.07, 6.45) is 5.29. The number of carbonyl (C=O) groups excluding carboxylic acids is 2. The van der Waals surface area contributed by atoms with Gasteiger partial charge in [-0.3, -0.25) is 14.6 Å². The standard InChI is InChI=1S/C20H22FN3O2/c21-17-6-4-15(5-7-17)8-10-23-19(25)18-14-16(9-11-22-18)20(26)24-12-2-1-3-13-24/h4-7,9,11,14H,1-3,8,10,12-13H2,(H,23,25). The van der Waals surface area contributed by atoms with Gasteiger partial charge in [0, 0.05) is 31.4 Å². The van der Waals surface area contributed by atoms with E-state index in [4.69, 9.17) is 0 Å². The molecule has 0 unspecified atom stereocenters. The van der Waals surface area contributed by atoms with Crippen LogP contribution in [-0.4, -0.2) is 41.3 Å². The number of aromatic nitrogens is 1. The smallest absolute Gasteiger partial charge is 0.269 e. The van der Waals surface area contributed by atoms with Crippen molar-refractivity contribution >= 4 is 11.8 Å². The monoisotopic (exact) mass is 355 g/mol. The molecule has 2 aromatic rings. The zero-order valence-corrected chi connectivity index (χ0v) is 14.6. The van der Waals surface area contributed by atoms with E-state index in [9.17, 15) is 14.0 Å². The van der Waals surface area contributed by atoms with Gasteiger partial charge in [0.2, 0.25) is 0 Å². The van der Waals surface area contributed by atoms with Gasteiger partial charge in [-0.25, -0.2) is 4.39 Å². The minimum Gasteiger partial charge on any atom is -0.350 e. The van der Waals surface area contributed by atoms with Crippen molar-refractivity contribution in [2.75, 3.05) is 19.6 Å². The van der Waals surface area contributed by atoms with Gasteiger partial charge >= 0.3 is 0 Å². The van der Waals surface area contributed by atoms with Gasteiger partial charge in [0.25, 0.3) is 11.8 Å². The van der Waals surface area contributed by atoms with Crippen molar-refractivity contribution in [3.63, 3.8) is 0 Å². The Bertz CT molecular complexity index is 771. The molecule has 0 spiro atoms. The fourth-order valence-electron chi connectivity index (χ4n) is 3.03. The number of hydrogen-bond acceptors (Lipinski definition) is 3. The number of nitrogens with zero attached hydrogens (tertiary/aromatic N) is 2. The first-order valence-corrected chi connectivity index (χ1v) is 8.91. The molecule has 0 aliphatic carbocycles. The summed E-state index contributed by atoms with van der Waals surface area (Å²) in [5.74, 6) is -0.648. The van der Waals surface area contributed by atoms with Gasteiger partial charge in [0.15, 0.2) is 0 Å². The van der Waals surface area contributed by atoms with E-state index < -0.39 is 0 Å². The zero-order valence-electron chi connectivity index (χ0n) is 14.6. The normalized spacial score (nSPS) is 14.1. The quantitative estimate of drug-likeness (QED) is 0.897. The first kappa shape index (κ1) is 18.0. The molecule has 6 heteroatoms. The molecular formula is C20H22FN3O2. The average molecular weight is 355 g/mol. The lowest BCUT2D eigenvalue weighted by Gasteiger charge is -2.26. The average Bonchev–Trinajstić information content (AvgIpc) is 2.69. The lowest BCUT2D eigenvalue weighted by Crippen LogP contribution is -2.35. The van der Waals surface area contributed by atoms with Crippen molar-refractivity contribution in [3.05, 3.63) is 65.2 Å². The van der Waals surface area contributed by atoms with Gasteiger partial charge in [-0.15, -0.1) is 0 Å². The van der Waals surface area contributed by atoms with E-state index in [2.05, 4.69) is 10.3 Å². The predicted molar refractivity (Wildman–Crippen MR) is 96.4 cm³/mol. The third-order valence-corrected chi connectivity index (χ3v) is 4.50. The number of halogens is 1. The van der Waals surface area contributed by atoms with Crippen LogP contribution in [0.25, 0.3) is 0 Å². The Kier molecular flexibility index (Phi) is 5.94. The molecule has 2 heterocycles. The van der Waals surface area contributed by atoms with Crippen LogP contribution in [0.4, 0.5) is 4.39 Å². The van der Waals surface area contributed by atoms with Crippen molar-refractivity contribution < 1.29 is 14.0 Å². The molecule has 1 saturated heterocycles. The summed E-state index contributed by atoms with van der Waals surface area (Å²) in [5, 5.41) is 2.79. The lowest BCUT2D eigenvalue weighted by molar-refractivity contribution is 0.0724. The molecule has 1 aliphatic heterocycles. The number of carbonyl (C=O) groups is 2. The van der Waals surface area contributed by atoms with Crippen LogP contribution in [0.1, 0.15) is 45.7 Å². The van der Waals surface area contributed by atoms with Gasteiger partial charge in [0.1, 0.15) is 11.5 Å². The van der Waals surface area contributed by atoms with Crippen LogP contribution in [0, 0.1) is 5.82 Å². The summed E-state index contributed by atoms with van der Waals surface area (Å²) in [6, 6.07) is 9.37. The fraction of sp³-hybridized carbons (Fsp3) is 0.350. The molecule has 0 bridgehead atoms. The van der Waals surface area contributed by atoms with Gasteiger partial charge in [-0.05, 0) is 55.5 Å². The van der Waals surface area contributed by atoms with Crippen molar-refractivity contribution in [2.45, 2.75) is 25.7 Å². The molecule has 2 amide bonds. The summed E-state index contributed by atoms with van der Waals surface area (Å²) in [6.45, 7) is 1.94. The lowest BCUT2D eigenvalue weighted by atomic mass is 10.1. The summed E-state index contributed by atoms with van der Waals surface area (Å²) in [4.78, 5) is 30.7. The van der Waals surface area contributed by atoms with E-state index in [1.54, 1.807) is 24.3 Å². The summed E-state index contributed by atoms with van der Waals surface area (Å²) in [7, 11) is 0. The predicted octanol–water partition coefficient (Wildman–Crippen LogP) is 2.82. The SMILES string of the molecule is O=C(NCCc1ccc(F)cc1)c1cc(C(=O)N2CCCCC2)ccn1. The molecular weight excluding hydrogens is 333 g/mol. The Hall–Kier alpha value is -2.76. The Morgan fingerprint density at radius 3 is 2.54 bits per heavy atom. The molecule has 0 atom stereocenters. The van der Waals surface area contributed by atoms with E-state index in [1.165, 1.54) is 18.3 Å². The molecule has 1 aromatic heterocycles. The Balaban J connectivity index is 1.57. The van der Waals surface area contributed by atoms with Gasteiger partial charge in [-0.1, -0.05) is 12.1 Å². The van der Waals surface area contributed by atoms with E-state index in [1.807, 2.05) is 4.90 Å². The van der Waals surface area contributed by atoms with Crippen molar-refractivity contribution in [3.8, 4) is 0 Å². The highest BCUT2D eigenvalue weighted by Gasteiger charge is 2.19. The third kappa shape index (κ3) is 4.65. The molecule has 0 radical (unpaired) electrons. The molecule has 1 aliphatic rings. The largest absolute Gasteiger partial charge is 0.350 e. The van der Waals surface area contributed by atoms with Crippen molar-refractivity contribution in [2.24, 2.45) is 0 Å². The number of benzene rings is 1. The molecule has 3 rings (SSSR count). The molecule has 1 fully saturated rings. The first-order valence-electron chi connectivity index (χ1n) is 8.91.